The lowest BCUT2D eigenvalue weighted by atomic mass is 10.0. The summed E-state index contributed by atoms with van der Waals surface area (Å²) >= 11 is 0. The Morgan fingerprint density at radius 3 is 2.67 bits per heavy atom. The van der Waals surface area contributed by atoms with Crippen molar-refractivity contribution < 1.29 is 14.6 Å². The van der Waals surface area contributed by atoms with Crippen LogP contribution < -0.4 is 16.2 Å². The van der Waals surface area contributed by atoms with Gasteiger partial charge < -0.3 is 21.3 Å². The minimum Gasteiger partial charge on any atom is -0.504 e. The number of phenols is 1. The van der Waals surface area contributed by atoms with Gasteiger partial charge in [-0.3, -0.25) is 4.79 Å². The van der Waals surface area contributed by atoms with E-state index in [2.05, 4.69) is 0 Å². The molecule has 0 spiro atoms. The lowest BCUT2D eigenvalue weighted by Crippen LogP contribution is -2.12. The van der Waals surface area contributed by atoms with Crippen LogP contribution in [0.3, 0.4) is 0 Å². The smallest absolute Gasteiger partial charge is 0.308 e. The van der Waals surface area contributed by atoms with Gasteiger partial charge in [-0.25, -0.2) is 0 Å². The van der Waals surface area contributed by atoms with Crippen molar-refractivity contribution in [2.24, 2.45) is 11.5 Å². The van der Waals surface area contributed by atoms with Gasteiger partial charge in [-0.1, -0.05) is 6.07 Å². The summed E-state index contributed by atoms with van der Waals surface area (Å²) in [6, 6.07) is 4.61. The highest BCUT2D eigenvalue weighted by Gasteiger charge is 2.10. The molecule has 0 saturated heterocycles. The highest BCUT2D eigenvalue weighted by Crippen LogP contribution is 2.29. The van der Waals surface area contributed by atoms with E-state index in [0.717, 1.165) is 18.4 Å². The average molecular weight is 275 g/mol. The summed E-state index contributed by atoms with van der Waals surface area (Å²) in [7, 11) is 0. The van der Waals surface area contributed by atoms with Crippen LogP contribution in [0.5, 0.6) is 11.5 Å². The van der Waals surface area contributed by atoms with Crippen LogP contribution in [-0.4, -0.2) is 17.6 Å². The Bertz CT molecular complexity index is 399. The molecule has 0 heterocycles. The fourth-order valence-electron chi connectivity index (χ4n) is 1.51. The molecule has 0 aliphatic heterocycles. The minimum atomic E-state index is -0.472. The molecule has 0 bridgehead atoms. The topological polar surface area (TPSA) is 98.6 Å². The number of aromatic hydroxyl groups is 1. The average Bonchev–Trinajstić information content (AvgIpc) is 2.28. The van der Waals surface area contributed by atoms with E-state index in [4.69, 9.17) is 16.2 Å². The lowest BCUT2D eigenvalue weighted by molar-refractivity contribution is -0.132. The van der Waals surface area contributed by atoms with E-state index >= 15 is 0 Å². The summed E-state index contributed by atoms with van der Waals surface area (Å²) in [5.41, 5.74) is 12.1. The third-order valence-corrected chi connectivity index (χ3v) is 2.38. The van der Waals surface area contributed by atoms with E-state index in [9.17, 15) is 9.90 Å². The Labute approximate surface area is 113 Å². The third kappa shape index (κ3) is 4.91. The maximum Gasteiger partial charge on any atom is 0.308 e. The number of phenolic OH excluding ortho intramolecular Hbond substituents is 1. The molecule has 1 aromatic rings. The van der Waals surface area contributed by atoms with Crippen LogP contribution in [0.15, 0.2) is 18.2 Å². The zero-order chi connectivity index (χ0) is 12.8. The molecule has 5 N–H and O–H groups in total. The van der Waals surface area contributed by atoms with E-state index in [1.807, 2.05) is 0 Å². The van der Waals surface area contributed by atoms with Crippen LogP contribution in [0.25, 0.3) is 0 Å². The normalized spacial score (nSPS) is 11.5. The first-order chi connectivity index (χ1) is 8.04. The molecular formula is C12H19ClN2O3. The fraction of sp³-hybridized carbons (Fsp3) is 0.417. The number of hydrogen-bond donors (Lipinski definition) is 3. The van der Waals surface area contributed by atoms with Crippen molar-refractivity contribution in [1.29, 1.82) is 0 Å². The Hall–Kier alpha value is -1.30. The van der Waals surface area contributed by atoms with E-state index in [1.165, 1.54) is 19.1 Å². The van der Waals surface area contributed by atoms with Crippen molar-refractivity contribution in [3.05, 3.63) is 23.8 Å². The SMILES string of the molecule is CC(=O)Oc1ccc([C@@H](N)CCCN)cc1O.Cl. The Morgan fingerprint density at radius 2 is 2.17 bits per heavy atom. The maximum atomic E-state index is 10.8. The molecule has 0 aliphatic carbocycles. The summed E-state index contributed by atoms with van der Waals surface area (Å²) in [6.45, 7) is 1.87. The predicted molar refractivity (Wildman–Crippen MR) is 71.9 cm³/mol. The molecule has 0 aromatic heterocycles. The number of hydrogen-bond acceptors (Lipinski definition) is 5. The highest BCUT2D eigenvalue weighted by molar-refractivity contribution is 5.85. The summed E-state index contributed by atoms with van der Waals surface area (Å²) in [5, 5.41) is 9.66. The Morgan fingerprint density at radius 1 is 1.50 bits per heavy atom. The van der Waals surface area contributed by atoms with Crippen LogP contribution >= 0.6 is 12.4 Å². The van der Waals surface area contributed by atoms with Gasteiger partial charge in [0.15, 0.2) is 11.5 Å². The van der Waals surface area contributed by atoms with Crippen molar-refractivity contribution in [2.45, 2.75) is 25.8 Å². The van der Waals surface area contributed by atoms with Gasteiger partial charge in [0.1, 0.15) is 0 Å². The van der Waals surface area contributed by atoms with E-state index < -0.39 is 5.97 Å². The molecule has 5 nitrogen and oxygen atoms in total. The first kappa shape index (κ1) is 16.7. The van der Waals surface area contributed by atoms with Crippen LogP contribution in [0.4, 0.5) is 0 Å². The summed E-state index contributed by atoms with van der Waals surface area (Å²) in [6.07, 6.45) is 1.58. The number of esters is 1. The van der Waals surface area contributed by atoms with Gasteiger partial charge >= 0.3 is 5.97 Å². The largest absolute Gasteiger partial charge is 0.504 e. The van der Waals surface area contributed by atoms with Gasteiger partial charge in [-0.15, -0.1) is 12.4 Å². The molecule has 6 heteroatoms. The highest BCUT2D eigenvalue weighted by atomic mass is 35.5. The monoisotopic (exact) mass is 274 g/mol. The van der Waals surface area contributed by atoms with Crippen LogP contribution in [0.1, 0.15) is 31.4 Å². The Kier molecular flexibility index (Phi) is 7.35. The maximum absolute atomic E-state index is 10.8. The molecule has 1 atom stereocenters. The molecule has 1 aromatic carbocycles. The van der Waals surface area contributed by atoms with Crippen LogP contribution in [0, 0.1) is 0 Å². The van der Waals surface area contributed by atoms with Crippen molar-refractivity contribution in [1.82, 2.24) is 0 Å². The number of nitrogens with two attached hydrogens (primary N) is 2. The molecule has 0 radical (unpaired) electrons. The fourth-order valence-corrected chi connectivity index (χ4v) is 1.51. The lowest BCUT2D eigenvalue weighted by Gasteiger charge is -2.13. The molecule has 0 aliphatic rings. The number of benzene rings is 1. The van der Waals surface area contributed by atoms with E-state index in [1.54, 1.807) is 6.07 Å². The van der Waals surface area contributed by atoms with Crippen LogP contribution in [0.2, 0.25) is 0 Å². The number of rotatable bonds is 5. The summed E-state index contributed by atoms with van der Waals surface area (Å²) in [5.74, 6) is -0.409. The van der Waals surface area contributed by atoms with Gasteiger partial charge in [0.05, 0.1) is 0 Å². The number of carbonyl (C=O) groups excluding carboxylic acids is 1. The number of carbonyl (C=O) groups is 1. The van der Waals surface area contributed by atoms with Crippen molar-refractivity contribution in [3.8, 4) is 11.5 Å². The molecule has 18 heavy (non-hydrogen) atoms. The van der Waals surface area contributed by atoms with E-state index in [0.29, 0.717) is 6.54 Å². The van der Waals surface area contributed by atoms with Crippen molar-refractivity contribution in [2.75, 3.05) is 6.54 Å². The standard InChI is InChI=1S/C12H18N2O3.ClH/c1-8(15)17-12-5-4-9(7-11(12)16)10(14)3-2-6-13;/h4-5,7,10,16H,2-3,6,13-14H2,1H3;1H/t10-;/m0./s1. The molecule has 1 rings (SSSR count). The second-order valence-electron chi connectivity index (χ2n) is 3.86. The first-order valence-corrected chi connectivity index (χ1v) is 5.51. The summed E-state index contributed by atoms with van der Waals surface area (Å²) in [4.78, 5) is 10.8. The van der Waals surface area contributed by atoms with Gasteiger partial charge in [0.25, 0.3) is 0 Å². The van der Waals surface area contributed by atoms with Gasteiger partial charge in [-0.2, -0.15) is 0 Å². The third-order valence-electron chi connectivity index (χ3n) is 2.38. The molecule has 0 amide bonds. The van der Waals surface area contributed by atoms with Crippen LogP contribution in [-0.2, 0) is 4.79 Å². The molecule has 0 unspecified atom stereocenters. The summed E-state index contributed by atoms with van der Waals surface area (Å²) < 4.78 is 4.81. The van der Waals surface area contributed by atoms with Crippen molar-refractivity contribution >= 4 is 18.4 Å². The van der Waals surface area contributed by atoms with Gasteiger partial charge in [-0.05, 0) is 37.1 Å². The minimum absolute atomic E-state index is 0. The first-order valence-electron chi connectivity index (χ1n) is 5.51. The van der Waals surface area contributed by atoms with Gasteiger partial charge in [0, 0.05) is 13.0 Å². The molecular weight excluding hydrogens is 256 g/mol. The second kappa shape index (κ2) is 7.92. The Balaban J connectivity index is 0.00000289. The van der Waals surface area contributed by atoms with E-state index in [-0.39, 0.29) is 29.9 Å². The predicted octanol–water partition coefficient (Wildman–Crippen LogP) is 1.48. The zero-order valence-corrected chi connectivity index (χ0v) is 11.1. The number of halogens is 1. The zero-order valence-electron chi connectivity index (χ0n) is 10.3. The molecule has 102 valence electrons. The molecule has 0 fully saturated rings. The van der Waals surface area contributed by atoms with Gasteiger partial charge in [0.2, 0.25) is 0 Å². The molecule has 0 saturated carbocycles. The second-order valence-corrected chi connectivity index (χ2v) is 3.86. The van der Waals surface area contributed by atoms with Crippen molar-refractivity contribution in [3.63, 3.8) is 0 Å². The number of ether oxygens (including phenoxy) is 1. The quantitative estimate of drug-likeness (QED) is 0.558.